The van der Waals surface area contributed by atoms with Crippen molar-refractivity contribution in [2.75, 3.05) is 6.61 Å². The van der Waals surface area contributed by atoms with Crippen molar-refractivity contribution in [3.8, 4) is 11.8 Å². The first-order valence-electron chi connectivity index (χ1n) is 6.66. The third kappa shape index (κ3) is 3.80. The Hall–Kier alpha value is -2.38. The lowest BCUT2D eigenvalue weighted by atomic mass is 10.1. The molecule has 108 valence electrons. The molecule has 0 fully saturated rings. The monoisotopic (exact) mass is 285 g/mol. The summed E-state index contributed by atoms with van der Waals surface area (Å²) >= 11 is 0. The summed E-state index contributed by atoms with van der Waals surface area (Å²) in [6.07, 6.45) is 2.01. The van der Waals surface area contributed by atoms with E-state index in [9.17, 15) is 9.18 Å². The van der Waals surface area contributed by atoms with Crippen LogP contribution in [0.25, 0.3) is 0 Å². The molecule has 1 aromatic carbocycles. The van der Waals surface area contributed by atoms with Crippen molar-refractivity contribution in [3.63, 3.8) is 0 Å². The first-order valence-corrected chi connectivity index (χ1v) is 6.66. The molecule has 1 aromatic heterocycles. The van der Waals surface area contributed by atoms with Crippen LogP contribution in [0.4, 0.5) is 4.39 Å². The number of hydrogen-bond acceptors (Lipinski definition) is 2. The van der Waals surface area contributed by atoms with Crippen LogP contribution in [0.2, 0.25) is 0 Å². The molecule has 1 heterocycles. The number of pyridine rings is 1. The molecule has 1 N–H and O–H groups in total. The van der Waals surface area contributed by atoms with E-state index < -0.39 is 5.82 Å². The molecule has 0 spiro atoms. The summed E-state index contributed by atoms with van der Waals surface area (Å²) in [6, 6.07) is 8.19. The van der Waals surface area contributed by atoms with Gasteiger partial charge in [-0.1, -0.05) is 24.0 Å². The van der Waals surface area contributed by atoms with Crippen molar-refractivity contribution < 1.29 is 9.50 Å². The van der Waals surface area contributed by atoms with Crippen LogP contribution in [0.1, 0.15) is 23.1 Å². The Balaban J connectivity index is 2.30. The van der Waals surface area contributed by atoms with Crippen LogP contribution in [0.3, 0.4) is 0 Å². The van der Waals surface area contributed by atoms with Gasteiger partial charge < -0.3 is 9.67 Å². The number of aryl methyl sites for hydroxylation is 1. The number of aliphatic hydroxyl groups is 1. The Morgan fingerprint density at radius 3 is 2.90 bits per heavy atom. The Kier molecular flexibility index (Phi) is 4.91. The molecule has 2 rings (SSSR count). The van der Waals surface area contributed by atoms with Gasteiger partial charge in [-0.15, -0.1) is 0 Å². The van der Waals surface area contributed by atoms with E-state index >= 15 is 0 Å². The number of halogens is 1. The van der Waals surface area contributed by atoms with Gasteiger partial charge in [-0.2, -0.15) is 0 Å². The first kappa shape index (κ1) is 15.0. The smallest absolute Gasteiger partial charge is 0.253 e. The van der Waals surface area contributed by atoms with Gasteiger partial charge in [0.2, 0.25) is 0 Å². The molecular weight excluding hydrogens is 269 g/mol. The zero-order valence-corrected chi connectivity index (χ0v) is 11.8. The highest BCUT2D eigenvalue weighted by Gasteiger charge is 2.04. The topological polar surface area (TPSA) is 42.2 Å². The Bertz CT molecular complexity index is 753. The highest BCUT2D eigenvalue weighted by molar-refractivity contribution is 5.38. The van der Waals surface area contributed by atoms with E-state index in [2.05, 4.69) is 11.8 Å². The van der Waals surface area contributed by atoms with E-state index in [-0.39, 0.29) is 17.7 Å². The van der Waals surface area contributed by atoms with Crippen LogP contribution < -0.4 is 5.56 Å². The van der Waals surface area contributed by atoms with Gasteiger partial charge in [0.15, 0.2) is 0 Å². The van der Waals surface area contributed by atoms with E-state index in [4.69, 9.17) is 5.11 Å². The quantitative estimate of drug-likeness (QED) is 0.877. The number of aliphatic hydroxyl groups excluding tert-OH is 1. The van der Waals surface area contributed by atoms with Crippen LogP contribution in [-0.4, -0.2) is 16.3 Å². The fourth-order valence-corrected chi connectivity index (χ4v) is 1.96. The number of benzene rings is 1. The number of nitrogens with zero attached hydrogens (tertiary/aromatic N) is 1. The first-order chi connectivity index (χ1) is 10.1. The Morgan fingerprint density at radius 1 is 1.33 bits per heavy atom. The lowest BCUT2D eigenvalue weighted by molar-refractivity contribution is 0.305. The number of hydrogen-bond donors (Lipinski definition) is 1. The van der Waals surface area contributed by atoms with Crippen molar-refractivity contribution in [1.29, 1.82) is 0 Å². The standard InChI is InChI=1S/C17H16FNO2/c1-13-5-4-9-19(17(13)21)12-14-7-8-16(18)15(11-14)6-2-3-10-20/h4-5,7-9,11,20H,3,10,12H2,1H3. The van der Waals surface area contributed by atoms with Gasteiger partial charge in [0.1, 0.15) is 5.82 Å². The highest BCUT2D eigenvalue weighted by Crippen LogP contribution is 2.10. The van der Waals surface area contributed by atoms with Crippen LogP contribution in [0.15, 0.2) is 41.3 Å². The minimum atomic E-state index is -0.402. The molecule has 0 atom stereocenters. The molecule has 4 heteroatoms. The molecule has 0 unspecified atom stereocenters. The van der Waals surface area contributed by atoms with Crippen molar-refractivity contribution in [1.82, 2.24) is 4.57 Å². The summed E-state index contributed by atoms with van der Waals surface area (Å²) in [5.74, 6) is 4.99. The maximum Gasteiger partial charge on any atom is 0.253 e. The molecule has 0 aliphatic heterocycles. The zero-order chi connectivity index (χ0) is 15.2. The summed E-state index contributed by atoms with van der Waals surface area (Å²) in [5, 5.41) is 8.69. The third-order valence-corrected chi connectivity index (χ3v) is 3.05. The molecular formula is C17H16FNO2. The fourth-order valence-electron chi connectivity index (χ4n) is 1.96. The average Bonchev–Trinajstić information content (AvgIpc) is 2.47. The molecule has 0 aliphatic rings. The number of aromatic nitrogens is 1. The van der Waals surface area contributed by atoms with Crippen molar-refractivity contribution in [2.45, 2.75) is 19.9 Å². The van der Waals surface area contributed by atoms with Crippen LogP contribution in [-0.2, 0) is 6.54 Å². The molecule has 0 bridgehead atoms. The second kappa shape index (κ2) is 6.87. The Morgan fingerprint density at radius 2 is 2.14 bits per heavy atom. The second-order valence-electron chi connectivity index (χ2n) is 4.71. The molecule has 3 nitrogen and oxygen atoms in total. The van der Waals surface area contributed by atoms with E-state index in [1.807, 2.05) is 6.07 Å². The van der Waals surface area contributed by atoms with Crippen molar-refractivity contribution >= 4 is 0 Å². The van der Waals surface area contributed by atoms with Crippen LogP contribution >= 0.6 is 0 Å². The van der Waals surface area contributed by atoms with Gasteiger partial charge in [0.25, 0.3) is 5.56 Å². The SMILES string of the molecule is Cc1cccn(Cc2ccc(F)c(C#CCCO)c2)c1=O. The summed E-state index contributed by atoms with van der Waals surface area (Å²) in [6.45, 7) is 2.08. The third-order valence-electron chi connectivity index (χ3n) is 3.05. The second-order valence-corrected chi connectivity index (χ2v) is 4.71. The lowest BCUT2D eigenvalue weighted by Crippen LogP contribution is -2.21. The predicted octanol–water partition coefficient (Wildman–Crippen LogP) is 2.08. The molecule has 0 aliphatic carbocycles. The van der Waals surface area contributed by atoms with Gasteiger partial charge in [-0.25, -0.2) is 4.39 Å². The lowest BCUT2D eigenvalue weighted by Gasteiger charge is -2.07. The van der Waals surface area contributed by atoms with Crippen LogP contribution in [0, 0.1) is 24.6 Å². The normalized spacial score (nSPS) is 10.0. The van der Waals surface area contributed by atoms with E-state index in [0.717, 1.165) is 5.56 Å². The molecule has 0 saturated carbocycles. The molecule has 21 heavy (non-hydrogen) atoms. The summed E-state index contributed by atoms with van der Waals surface area (Å²) in [4.78, 5) is 12.0. The molecule has 0 radical (unpaired) electrons. The molecule has 0 saturated heterocycles. The fraction of sp³-hybridized carbons (Fsp3) is 0.235. The Labute approximate surface area is 122 Å². The average molecular weight is 285 g/mol. The number of rotatable bonds is 3. The maximum atomic E-state index is 13.6. The zero-order valence-electron chi connectivity index (χ0n) is 11.8. The summed E-state index contributed by atoms with van der Waals surface area (Å²) in [5.41, 5.74) is 1.69. The van der Waals surface area contributed by atoms with Gasteiger partial charge in [-0.3, -0.25) is 4.79 Å². The van der Waals surface area contributed by atoms with Gasteiger partial charge in [0, 0.05) is 18.2 Å². The van der Waals surface area contributed by atoms with Gasteiger partial charge in [-0.05, 0) is 30.7 Å². The molecule has 0 amide bonds. The van der Waals surface area contributed by atoms with Gasteiger partial charge in [0.05, 0.1) is 18.7 Å². The molecule has 2 aromatic rings. The predicted molar refractivity (Wildman–Crippen MR) is 79.5 cm³/mol. The van der Waals surface area contributed by atoms with Crippen molar-refractivity contribution in [2.24, 2.45) is 0 Å². The minimum absolute atomic E-state index is 0.0486. The summed E-state index contributed by atoms with van der Waals surface area (Å²) in [7, 11) is 0. The van der Waals surface area contributed by atoms with Gasteiger partial charge >= 0.3 is 0 Å². The van der Waals surface area contributed by atoms with Crippen LogP contribution in [0.5, 0.6) is 0 Å². The summed E-state index contributed by atoms with van der Waals surface area (Å²) < 4.78 is 15.2. The minimum Gasteiger partial charge on any atom is -0.395 e. The largest absolute Gasteiger partial charge is 0.395 e. The highest BCUT2D eigenvalue weighted by atomic mass is 19.1. The van der Waals surface area contributed by atoms with Crippen molar-refractivity contribution in [3.05, 3.63) is 69.4 Å². The van der Waals surface area contributed by atoms with E-state index in [0.29, 0.717) is 18.5 Å². The maximum absolute atomic E-state index is 13.6. The van der Waals surface area contributed by atoms with E-state index in [1.165, 1.54) is 6.07 Å². The van der Waals surface area contributed by atoms with E-state index in [1.54, 1.807) is 35.9 Å².